The van der Waals surface area contributed by atoms with Crippen LogP contribution < -0.4 is 0 Å². The smallest absolute Gasteiger partial charge is 0.270 e. The van der Waals surface area contributed by atoms with Gasteiger partial charge in [0, 0.05) is 45.3 Å². The molecule has 3 fully saturated rings. The number of ether oxygens (including phenoxy) is 2. The van der Waals surface area contributed by atoms with Gasteiger partial charge in [-0.25, -0.2) is 8.42 Å². The summed E-state index contributed by atoms with van der Waals surface area (Å²) in [5, 5.41) is 0. The van der Waals surface area contributed by atoms with Crippen LogP contribution in [0.25, 0.3) is 0 Å². The van der Waals surface area contributed by atoms with Crippen molar-refractivity contribution in [3.63, 3.8) is 0 Å². The van der Waals surface area contributed by atoms with Gasteiger partial charge in [-0.05, 0) is 31.7 Å². The van der Waals surface area contributed by atoms with E-state index < -0.39 is 10.0 Å². The summed E-state index contributed by atoms with van der Waals surface area (Å²) >= 11 is 0. The van der Waals surface area contributed by atoms with Crippen LogP contribution in [0.3, 0.4) is 0 Å². The summed E-state index contributed by atoms with van der Waals surface area (Å²) < 4.78 is 40.1. The van der Waals surface area contributed by atoms with Crippen molar-refractivity contribution in [3.8, 4) is 0 Å². The lowest BCUT2D eigenvalue weighted by atomic mass is 9.96. The molecule has 1 amide bonds. The molecule has 0 spiro atoms. The van der Waals surface area contributed by atoms with Crippen LogP contribution in [-0.4, -0.2) is 73.8 Å². The number of sulfonamides is 1. The molecule has 0 bridgehead atoms. The molecule has 3 aliphatic heterocycles. The second kappa shape index (κ2) is 8.14. The van der Waals surface area contributed by atoms with E-state index in [1.807, 2.05) is 0 Å². The molecule has 156 valence electrons. The summed E-state index contributed by atoms with van der Waals surface area (Å²) in [6, 6.07) is 1.53. The van der Waals surface area contributed by atoms with Crippen LogP contribution in [0.15, 0.2) is 17.2 Å². The van der Waals surface area contributed by atoms with Crippen molar-refractivity contribution in [3.05, 3.63) is 18.0 Å². The number of hydrogen-bond acceptors (Lipinski definition) is 5. The normalized spacial score (nSPS) is 23.4. The molecule has 1 aromatic heterocycles. The number of aryl methyl sites for hydroxylation is 1. The topological polar surface area (TPSA) is 81.1 Å². The lowest BCUT2D eigenvalue weighted by molar-refractivity contribution is -0.0956. The molecule has 3 aliphatic rings. The molecule has 0 unspecified atom stereocenters. The number of amides is 1. The summed E-state index contributed by atoms with van der Waals surface area (Å²) in [6.07, 6.45) is 5.93. The molecular formula is C19H29N3O5S. The Morgan fingerprint density at radius 3 is 2.32 bits per heavy atom. The van der Waals surface area contributed by atoms with E-state index in [0.717, 1.165) is 32.1 Å². The molecule has 0 saturated carbocycles. The first-order valence-corrected chi connectivity index (χ1v) is 11.6. The Morgan fingerprint density at radius 1 is 1.04 bits per heavy atom. The molecule has 3 saturated heterocycles. The highest BCUT2D eigenvalue weighted by molar-refractivity contribution is 7.89. The van der Waals surface area contributed by atoms with E-state index in [9.17, 15) is 13.2 Å². The standard InChI is InChI=1S/C19H29N3O5S/c1-20-14-16(28(24,25)22-7-3-2-4-8-22)13-17(20)18(23)21-9-5-15(6-10-21)19-26-11-12-27-19/h13-15,19H,2-12H2,1H3. The van der Waals surface area contributed by atoms with Crippen molar-refractivity contribution in [2.75, 3.05) is 39.4 Å². The van der Waals surface area contributed by atoms with Crippen molar-refractivity contribution in [2.45, 2.75) is 43.3 Å². The zero-order valence-electron chi connectivity index (χ0n) is 16.4. The van der Waals surface area contributed by atoms with Crippen molar-refractivity contribution in [1.82, 2.24) is 13.8 Å². The highest BCUT2D eigenvalue weighted by Gasteiger charge is 2.34. The molecular weight excluding hydrogens is 382 g/mol. The quantitative estimate of drug-likeness (QED) is 0.749. The van der Waals surface area contributed by atoms with Crippen LogP contribution in [0, 0.1) is 5.92 Å². The number of carbonyl (C=O) groups excluding carboxylic acids is 1. The fourth-order valence-electron chi connectivity index (χ4n) is 4.33. The van der Waals surface area contributed by atoms with E-state index in [-0.39, 0.29) is 17.1 Å². The van der Waals surface area contributed by atoms with Crippen molar-refractivity contribution < 1.29 is 22.7 Å². The molecule has 0 N–H and O–H groups in total. The monoisotopic (exact) mass is 411 g/mol. The van der Waals surface area contributed by atoms with Crippen LogP contribution in [-0.2, 0) is 26.5 Å². The van der Waals surface area contributed by atoms with Gasteiger partial charge in [-0.3, -0.25) is 4.79 Å². The van der Waals surface area contributed by atoms with Crippen LogP contribution in [0.1, 0.15) is 42.6 Å². The predicted molar refractivity (Wildman–Crippen MR) is 102 cm³/mol. The number of piperidine rings is 2. The Labute approximate surface area is 166 Å². The average molecular weight is 412 g/mol. The van der Waals surface area contributed by atoms with Crippen LogP contribution >= 0.6 is 0 Å². The molecule has 0 aromatic carbocycles. The second-order valence-electron chi connectivity index (χ2n) is 7.88. The average Bonchev–Trinajstić information content (AvgIpc) is 3.38. The summed E-state index contributed by atoms with van der Waals surface area (Å²) in [7, 11) is -1.81. The van der Waals surface area contributed by atoms with E-state index in [0.29, 0.717) is 51.0 Å². The summed E-state index contributed by atoms with van der Waals surface area (Å²) in [5.41, 5.74) is 0.419. The van der Waals surface area contributed by atoms with Gasteiger partial charge in [0.1, 0.15) is 10.6 Å². The van der Waals surface area contributed by atoms with Crippen LogP contribution in [0.5, 0.6) is 0 Å². The Morgan fingerprint density at radius 2 is 1.68 bits per heavy atom. The van der Waals surface area contributed by atoms with Gasteiger partial charge in [0.05, 0.1) is 13.2 Å². The lowest BCUT2D eigenvalue weighted by Gasteiger charge is -2.33. The van der Waals surface area contributed by atoms with Gasteiger partial charge in [0.25, 0.3) is 5.91 Å². The number of nitrogens with zero attached hydrogens (tertiary/aromatic N) is 3. The van der Waals surface area contributed by atoms with Gasteiger partial charge >= 0.3 is 0 Å². The summed E-state index contributed by atoms with van der Waals surface area (Å²) in [5.74, 6) is 0.198. The summed E-state index contributed by atoms with van der Waals surface area (Å²) in [6.45, 7) is 3.65. The molecule has 8 nitrogen and oxygen atoms in total. The Kier molecular flexibility index (Phi) is 5.78. The number of aromatic nitrogens is 1. The lowest BCUT2D eigenvalue weighted by Crippen LogP contribution is -2.42. The molecule has 4 heterocycles. The van der Waals surface area contributed by atoms with Gasteiger partial charge in [0.15, 0.2) is 6.29 Å². The third-order valence-corrected chi connectivity index (χ3v) is 7.88. The summed E-state index contributed by atoms with van der Waals surface area (Å²) in [4.78, 5) is 15.0. The fraction of sp³-hybridized carbons (Fsp3) is 0.737. The fourth-order valence-corrected chi connectivity index (χ4v) is 5.92. The molecule has 0 atom stereocenters. The van der Waals surface area contributed by atoms with E-state index in [4.69, 9.17) is 9.47 Å². The number of likely N-dealkylation sites (tertiary alicyclic amines) is 1. The molecule has 28 heavy (non-hydrogen) atoms. The van der Waals surface area contributed by atoms with Crippen LogP contribution in [0.2, 0.25) is 0 Å². The molecule has 0 aliphatic carbocycles. The van der Waals surface area contributed by atoms with E-state index in [1.165, 1.54) is 10.4 Å². The van der Waals surface area contributed by atoms with Gasteiger partial charge in [-0.15, -0.1) is 0 Å². The van der Waals surface area contributed by atoms with Crippen molar-refractivity contribution in [2.24, 2.45) is 13.0 Å². The first kappa shape index (κ1) is 19.9. The van der Waals surface area contributed by atoms with Gasteiger partial charge < -0.3 is 18.9 Å². The Balaban J connectivity index is 1.44. The third kappa shape index (κ3) is 3.85. The van der Waals surface area contributed by atoms with Crippen molar-refractivity contribution >= 4 is 15.9 Å². The maximum Gasteiger partial charge on any atom is 0.270 e. The molecule has 0 radical (unpaired) electrons. The molecule has 1 aromatic rings. The zero-order valence-corrected chi connectivity index (χ0v) is 17.2. The Bertz CT molecular complexity index is 802. The number of hydrogen-bond donors (Lipinski definition) is 0. The Hall–Kier alpha value is -1.42. The third-order valence-electron chi connectivity index (χ3n) is 6.01. The number of carbonyl (C=O) groups is 1. The number of rotatable bonds is 4. The second-order valence-corrected chi connectivity index (χ2v) is 9.81. The van der Waals surface area contributed by atoms with Crippen LogP contribution in [0.4, 0.5) is 0 Å². The van der Waals surface area contributed by atoms with E-state index in [2.05, 4.69) is 0 Å². The highest BCUT2D eigenvalue weighted by atomic mass is 32.2. The SMILES string of the molecule is Cn1cc(S(=O)(=O)N2CCCCC2)cc1C(=O)N1CCC(C2OCCO2)CC1. The minimum Gasteiger partial charge on any atom is -0.350 e. The molecule has 9 heteroatoms. The first-order chi connectivity index (χ1) is 13.5. The minimum absolute atomic E-state index is 0.116. The van der Waals surface area contributed by atoms with Gasteiger partial charge in [-0.1, -0.05) is 6.42 Å². The van der Waals surface area contributed by atoms with E-state index in [1.54, 1.807) is 22.7 Å². The largest absolute Gasteiger partial charge is 0.350 e. The highest BCUT2D eigenvalue weighted by Crippen LogP contribution is 2.28. The first-order valence-electron chi connectivity index (χ1n) is 10.2. The van der Waals surface area contributed by atoms with E-state index >= 15 is 0 Å². The predicted octanol–water partition coefficient (Wildman–Crippen LogP) is 1.42. The van der Waals surface area contributed by atoms with Gasteiger partial charge in [-0.2, -0.15) is 4.31 Å². The maximum atomic E-state index is 13.0. The molecule has 4 rings (SSSR count). The van der Waals surface area contributed by atoms with Gasteiger partial charge in [0.2, 0.25) is 10.0 Å². The maximum absolute atomic E-state index is 13.0. The zero-order chi connectivity index (χ0) is 19.7. The minimum atomic E-state index is -3.54. The van der Waals surface area contributed by atoms with Crippen molar-refractivity contribution in [1.29, 1.82) is 0 Å².